The summed E-state index contributed by atoms with van der Waals surface area (Å²) in [4.78, 5) is 15.3. The first-order chi connectivity index (χ1) is 11.7. The van der Waals surface area contributed by atoms with Crippen LogP contribution in [-0.4, -0.2) is 28.2 Å². The van der Waals surface area contributed by atoms with Crippen LogP contribution in [0.15, 0.2) is 39.3 Å². The summed E-state index contributed by atoms with van der Waals surface area (Å²) < 4.78 is 11.0. The molecule has 0 atom stereocenters. The molecule has 0 bridgehead atoms. The molecule has 1 aromatic carbocycles. The van der Waals surface area contributed by atoms with Crippen molar-refractivity contribution in [3.8, 4) is 17.2 Å². The van der Waals surface area contributed by atoms with E-state index in [2.05, 4.69) is 20.5 Å². The minimum atomic E-state index is -0.137. The molecule has 0 fully saturated rings. The third kappa shape index (κ3) is 3.92. The van der Waals surface area contributed by atoms with Gasteiger partial charge in [-0.3, -0.25) is 4.79 Å². The number of anilines is 1. The number of ether oxygens (including phenoxy) is 1. The second-order valence-corrected chi connectivity index (χ2v) is 6.47. The molecule has 0 aliphatic rings. The van der Waals surface area contributed by atoms with E-state index in [4.69, 9.17) is 9.15 Å². The summed E-state index contributed by atoms with van der Waals surface area (Å²) in [6.07, 6.45) is 0. The first kappa shape index (κ1) is 16.5. The molecule has 3 rings (SSSR count). The second-order valence-electron chi connectivity index (χ2n) is 4.69. The van der Waals surface area contributed by atoms with Gasteiger partial charge in [0.15, 0.2) is 5.13 Å². The van der Waals surface area contributed by atoms with Gasteiger partial charge in [-0.15, -0.1) is 21.5 Å². The van der Waals surface area contributed by atoms with E-state index in [1.54, 1.807) is 7.11 Å². The smallest absolute Gasteiger partial charge is 0.277 e. The van der Waals surface area contributed by atoms with Gasteiger partial charge in [0.2, 0.25) is 5.91 Å². The van der Waals surface area contributed by atoms with Crippen molar-refractivity contribution < 1.29 is 13.9 Å². The van der Waals surface area contributed by atoms with Gasteiger partial charge >= 0.3 is 0 Å². The first-order valence-corrected chi connectivity index (χ1v) is 8.84. The summed E-state index contributed by atoms with van der Waals surface area (Å²) in [5.41, 5.74) is 1.59. The van der Waals surface area contributed by atoms with Gasteiger partial charge in [-0.25, -0.2) is 4.98 Å². The van der Waals surface area contributed by atoms with Gasteiger partial charge in [0.1, 0.15) is 5.75 Å². The monoisotopic (exact) mass is 362 g/mol. The fraction of sp³-hybridized carbons (Fsp3) is 0.200. The number of hydrogen-bond donors (Lipinski definition) is 1. The van der Waals surface area contributed by atoms with E-state index in [9.17, 15) is 4.79 Å². The summed E-state index contributed by atoms with van der Waals surface area (Å²) in [5, 5.41) is 13.7. The number of aromatic nitrogens is 3. The Morgan fingerprint density at radius 1 is 1.38 bits per heavy atom. The molecule has 0 spiro atoms. The fourth-order valence-electron chi connectivity index (χ4n) is 1.92. The Hall–Kier alpha value is -2.39. The van der Waals surface area contributed by atoms with Gasteiger partial charge in [-0.1, -0.05) is 23.9 Å². The van der Waals surface area contributed by atoms with E-state index >= 15 is 0 Å². The predicted octanol–water partition coefficient (Wildman–Crippen LogP) is 3.45. The summed E-state index contributed by atoms with van der Waals surface area (Å²) in [5.74, 6) is 1.52. The SMILES string of the molecule is COc1ccccc1-c1nnc(SCc2csc(NC(C)=O)n2)o1. The lowest BCUT2D eigenvalue weighted by atomic mass is 10.2. The van der Waals surface area contributed by atoms with E-state index < -0.39 is 0 Å². The first-order valence-electron chi connectivity index (χ1n) is 6.97. The number of rotatable bonds is 6. The van der Waals surface area contributed by atoms with Crippen molar-refractivity contribution in [2.45, 2.75) is 17.9 Å². The highest BCUT2D eigenvalue weighted by molar-refractivity contribution is 7.98. The van der Waals surface area contributed by atoms with E-state index in [0.717, 1.165) is 11.3 Å². The lowest BCUT2D eigenvalue weighted by Crippen LogP contribution is -2.05. The normalized spacial score (nSPS) is 10.6. The number of para-hydroxylation sites is 1. The highest BCUT2D eigenvalue weighted by Gasteiger charge is 2.14. The molecule has 1 N–H and O–H groups in total. The third-order valence-electron chi connectivity index (χ3n) is 2.92. The largest absolute Gasteiger partial charge is 0.496 e. The van der Waals surface area contributed by atoms with Crippen LogP contribution in [0.2, 0.25) is 0 Å². The van der Waals surface area contributed by atoms with Gasteiger partial charge in [-0.05, 0) is 12.1 Å². The summed E-state index contributed by atoms with van der Waals surface area (Å²) in [6.45, 7) is 1.45. The van der Waals surface area contributed by atoms with Gasteiger partial charge in [0.05, 0.1) is 18.4 Å². The van der Waals surface area contributed by atoms with Gasteiger partial charge in [-0.2, -0.15) is 0 Å². The van der Waals surface area contributed by atoms with Crippen molar-refractivity contribution in [3.63, 3.8) is 0 Å². The minimum absolute atomic E-state index is 0.137. The Labute approximate surface area is 146 Å². The molecule has 0 saturated heterocycles. The number of amides is 1. The van der Waals surface area contributed by atoms with Crippen molar-refractivity contribution >= 4 is 34.1 Å². The van der Waals surface area contributed by atoms with E-state index in [1.165, 1.54) is 30.0 Å². The number of hydrogen-bond acceptors (Lipinski definition) is 8. The average molecular weight is 362 g/mol. The number of carbonyl (C=O) groups is 1. The molecule has 0 aliphatic heterocycles. The van der Waals surface area contributed by atoms with Crippen LogP contribution < -0.4 is 10.1 Å². The number of benzene rings is 1. The second kappa shape index (κ2) is 7.45. The zero-order valence-corrected chi connectivity index (χ0v) is 14.6. The Morgan fingerprint density at radius 2 is 2.21 bits per heavy atom. The maximum Gasteiger partial charge on any atom is 0.277 e. The quantitative estimate of drug-likeness (QED) is 0.672. The maximum atomic E-state index is 11.0. The zero-order valence-electron chi connectivity index (χ0n) is 13.0. The molecule has 0 radical (unpaired) electrons. The van der Waals surface area contributed by atoms with Gasteiger partial charge in [0, 0.05) is 18.1 Å². The molecular weight excluding hydrogens is 348 g/mol. The molecule has 124 valence electrons. The Kier molecular flexibility index (Phi) is 5.11. The van der Waals surface area contributed by atoms with Crippen molar-refractivity contribution in [1.82, 2.24) is 15.2 Å². The lowest BCUT2D eigenvalue weighted by Gasteiger charge is -2.03. The molecule has 9 heteroatoms. The Balaban J connectivity index is 1.66. The van der Waals surface area contributed by atoms with Crippen LogP contribution in [0.25, 0.3) is 11.5 Å². The topological polar surface area (TPSA) is 90.1 Å². The summed E-state index contributed by atoms with van der Waals surface area (Å²) in [7, 11) is 1.60. The van der Waals surface area contributed by atoms with Crippen LogP contribution in [0.3, 0.4) is 0 Å². The number of nitrogens with one attached hydrogen (secondary N) is 1. The van der Waals surface area contributed by atoms with Crippen LogP contribution in [0.5, 0.6) is 5.75 Å². The number of methoxy groups -OCH3 is 1. The highest BCUT2D eigenvalue weighted by Crippen LogP contribution is 2.31. The van der Waals surface area contributed by atoms with E-state index in [1.807, 2.05) is 29.6 Å². The average Bonchev–Trinajstić information content (AvgIpc) is 3.21. The minimum Gasteiger partial charge on any atom is -0.496 e. The fourth-order valence-corrected chi connectivity index (χ4v) is 3.43. The van der Waals surface area contributed by atoms with Crippen LogP contribution in [0.4, 0.5) is 5.13 Å². The van der Waals surface area contributed by atoms with Crippen molar-refractivity contribution in [2.24, 2.45) is 0 Å². The zero-order chi connectivity index (χ0) is 16.9. The van der Waals surface area contributed by atoms with Crippen LogP contribution in [0, 0.1) is 0 Å². The predicted molar refractivity (Wildman–Crippen MR) is 92.3 cm³/mol. The molecule has 2 aromatic heterocycles. The Morgan fingerprint density at radius 3 is 3.00 bits per heavy atom. The maximum absolute atomic E-state index is 11.0. The third-order valence-corrected chi connectivity index (χ3v) is 4.58. The number of thioether (sulfide) groups is 1. The standard InChI is InChI=1S/C15H14N4O3S2/c1-9(20)16-14-17-10(7-23-14)8-24-15-19-18-13(22-15)11-5-3-4-6-12(11)21-2/h3-7H,8H2,1-2H3,(H,16,17,20). The van der Waals surface area contributed by atoms with Crippen LogP contribution in [0.1, 0.15) is 12.6 Å². The molecule has 7 nitrogen and oxygen atoms in total. The summed E-state index contributed by atoms with van der Waals surface area (Å²) in [6, 6.07) is 7.46. The number of carbonyl (C=O) groups excluding carboxylic acids is 1. The molecule has 0 aliphatic carbocycles. The van der Waals surface area contributed by atoms with Crippen molar-refractivity contribution in [3.05, 3.63) is 35.3 Å². The molecular formula is C15H14N4O3S2. The van der Waals surface area contributed by atoms with E-state index in [-0.39, 0.29) is 5.91 Å². The van der Waals surface area contributed by atoms with Gasteiger partial charge in [0.25, 0.3) is 11.1 Å². The van der Waals surface area contributed by atoms with Crippen molar-refractivity contribution in [1.29, 1.82) is 0 Å². The van der Waals surface area contributed by atoms with E-state index in [0.29, 0.717) is 27.7 Å². The molecule has 0 saturated carbocycles. The van der Waals surface area contributed by atoms with Crippen LogP contribution >= 0.6 is 23.1 Å². The number of nitrogens with zero attached hydrogens (tertiary/aromatic N) is 3. The molecule has 3 aromatic rings. The van der Waals surface area contributed by atoms with Gasteiger partial charge < -0.3 is 14.5 Å². The molecule has 24 heavy (non-hydrogen) atoms. The molecule has 0 unspecified atom stereocenters. The molecule has 1 amide bonds. The van der Waals surface area contributed by atoms with Crippen molar-refractivity contribution in [2.75, 3.05) is 12.4 Å². The number of thiazole rings is 1. The Bertz CT molecular complexity index is 847. The van der Waals surface area contributed by atoms with Crippen LogP contribution in [-0.2, 0) is 10.5 Å². The molecule has 2 heterocycles. The summed E-state index contributed by atoms with van der Waals surface area (Å²) >= 11 is 2.77. The lowest BCUT2D eigenvalue weighted by molar-refractivity contribution is -0.114. The highest BCUT2D eigenvalue weighted by atomic mass is 32.2.